The topological polar surface area (TPSA) is 126 Å². The number of rotatable bonds is 7. The van der Waals surface area contributed by atoms with Crippen molar-refractivity contribution in [2.75, 3.05) is 43.4 Å². The standard InChI is InChI=1S/C18H20BrN5O5S/c19-15-5-4-14(13-16(15)24(26)27)18(25)21-7-12-30(28,29)23-10-8-22(9-11-23)17-3-1-2-6-20-17/h1-6,13H,7-12H2,(H,21,25). The summed E-state index contributed by atoms with van der Waals surface area (Å²) in [7, 11) is -3.54. The van der Waals surface area contributed by atoms with Crippen LogP contribution in [0.2, 0.25) is 0 Å². The van der Waals surface area contributed by atoms with E-state index in [0.717, 1.165) is 11.9 Å². The van der Waals surface area contributed by atoms with Crippen molar-refractivity contribution in [3.05, 3.63) is 62.7 Å². The van der Waals surface area contributed by atoms with E-state index in [-0.39, 0.29) is 28.0 Å². The molecule has 0 radical (unpaired) electrons. The van der Waals surface area contributed by atoms with Gasteiger partial charge in [0.05, 0.1) is 15.1 Å². The van der Waals surface area contributed by atoms with E-state index < -0.39 is 20.9 Å². The number of amides is 1. The van der Waals surface area contributed by atoms with E-state index in [9.17, 15) is 23.3 Å². The lowest BCUT2D eigenvalue weighted by atomic mass is 10.2. The van der Waals surface area contributed by atoms with Gasteiger partial charge < -0.3 is 10.2 Å². The summed E-state index contributed by atoms with van der Waals surface area (Å²) in [6.07, 6.45) is 1.70. The number of anilines is 1. The first kappa shape index (κ1) is 22.1. The second-order valence-corrected chi connectivity index (χ2v) is 9.51. The number of carbonyl (C=O) groups is 1. The maximum Gasteiger partial charge on any atom is 0.284 e. The Labute approximate surface area is 182 Å². The number of pyridine rings is 1. The average molecular weight is 498 g/mol. The normalized spacial score (nSPS) is 15.0. The molecule has 1 amide bonds. The van der Waals surface area contributed by atoms with Crippen LogP contribution in [0.5, 0.6) is 0 Å². The lowest BCUT2D eigenvalue weighted by molar-refractivity contribution is -0.385. The number of aromatic nitrogens is 1. The molecule has 0 bridgehead atoms. The first-order valence-electron chi connectivity index (χ1n) is 9.14. The Hall–Kier alpha value is -2.57. The zero-order valence-electron chi connectivity index (χ0n) is 15.9. The molecule has 1 aliphatic rings. The third kappa shape index (κ3) is 5.32. The van der Waals surface area contributed by atoms with Gasteiger partial charge in [0.25, 0.3) is 11.6 Å². The molecule has 12 heteroatoms. The van der Waals surface area contributed by atoms with Gasteiger partial charge in [-0.1, -0.05) is 6.07 Å². The molecule has 160 valence electrons. The number of nitrogens with one attached hydrogen (secondary N) is 1. The van der Waals surface area contributed by atoms with Crippen LogP contribution >= 0.6 is 15.9 Å². The van der Waals surface area contributed by atoms with Gasteiger partial charge in [-0.05, 0) is 40.2 Å². The fourth-order valence-corrected chi connectivity index (χ4v) is 4.78. The van der Waals surface area contributed by atoms with Crippen LogP contribution in [0.3, 0.4) is 0 Å². The van der Waals surface area contributed by atoms with Crippen LogP contribution in [0.4, 0.5) is 11.5 Å². The highest BCUT2D eigenvalue weighted by molar-refractivity contribution is 9.10. The molecule has 0 aliphatic carbocycles. The maximum atomic E-state index is 12.6. The molecule has 0 spiro atoms. The highest BCUT2D eigenvalue weighted by atomic mass is 79.9. The van der Waals surface area contributed by atoms with E-state index in [2.05, 4.69) is 26.2 Å². The molecule has 3 rings (SSSR count). The van der Waals surface area contributed by atoms with Crippen molar-refractivity contribution in [1.29, 1.82) is 0 Å². The van der Waals surface area contributed by atoms with Crippen LogP contribution in [0.15, 0.2) is 47.1 Å². The molecular formula is C18H20BrN5O5S. The number of nitro benzene ring substituents is 1. The highest BCUT2D eigenvalue weighted by Gasteiger charge is 2.27. The first-order valence-corrected chi connectivity index (χ1v) is 11.5. The second-order valence-electron chi connectivity index (χ2n) is 6.57. The highest BCUT2D eigenvalue weighted by Crippen LogP contribution is 2.25. The molecule has 1 aromatic carbocycles. The number of halogens is 1. The minimum absolute atomic E-state index is 0.0891. The first-order chi connectivity index (χ1) is 14.3. The summed E-state index contributed by atoms with van der Waals surface area (Å²) in [5.41, 5.74) is -0.146. The van der Waals surface area contributed by atoms with Crippen molar-refractivity contribution in [3.63, 3.8) is 0 Å². The Morgan fingerprint density at radius 3 is 2.57 bits per heavy atom. The quantitative estimate of drug-likeness (QED) is 0.454. The molecule has 1 aromatic heterocycles. The van der Waals surface area contributed by atoms with Gasteiger partial charge in [-0.2, -0.15) is 4.31 Å². The van der Waals surface area contributed by atoms with E-state index in [4.69, 9.17) is 0 Å². The minimum atomic E-state index is -3.54. The third-order valence-corrected chi connectivity index (χ3v) is 7.20. The number of benzene rings is 1. The number of nitro groups is 1. The molecule has 0 atom stereocenters. The molecule has 30 heavy (non-hydrogen) atoms. The van der Waals surface area contributed by atoms with Crippen LogP contribution in [-0.2, 0) is 10.0 Å². The van der Waals surface area contributed by atoms with Gasteiger partial charge in [0.2, 0.25) is 10.0 Å². The summed E-state index contributed by atoms with van der Waals surface area (Å²) in [5, 5.41) is 13.5. The fourth-order valence-electron chi connectivity index (χ4n) is 3.05. The number of hydrogen-bond acceptors (Lipinski definition) is 7. The van der Waals surface area contributed by atoms with Crippen molar-refractivity contribution >= 4 is 43.4 Å². The Bertz CT molecular complexity index is 1030. The van der Waals surface area contributed by atoms with E-state index in [1.54, 1.807) is 6.20 Å². The smallest absolute Gasteiger partial charge is 0.284 e. The summed E-state index contributed by atoms with van der Waals surface area (Å²) in [4.78, 5) is 28.9. The summed E-state index contributed by atoms with van der Waals surface area (Å²) in [6.45, 7) is 1.65. The van der Waals surface area contributed by atoms with Crippen molar-refractivity contribution < 1.29 is 18.1 Å². The third-order valence-electron chi connectivity index (χ3n) is 4.66. The predicted molar refractivity (Wildman–Crippen MR) is 115 cm³/mol. The number of piperazine rings is 1. The Kier molecular flexibility index (Phi) is 7.00. The zero-order valence-corrected chi connectivity index (χ0v) is 18.3. The van der Waals surface area contributed by atoms with Crippen molar-refractivity contribution in [1.82, 2.24) is 14.6 Å². The molecule has 1 fully saturated rings. The van der Waals surface area contributed by atoms with Gasteiger partial charge in [-0.25, -0.2) is 13.4 Å². The average Bonchev–Trinajstić information content (AvgIpc) is 2.74. The van der Waals surface area contributed by atoms with E-state index >= 15 is 0 Å². The monoisotopic (exact) mass is 497 g/mol. The number of carbonyl (C=O) groups excluding carboxylic acids is 1. The largest absolute Gasteiger partial charge is 0.354 e. The predicted octanol–water partition coefficient (Wildman–Crippen LogP) is 1.63. The van der Waals surface area contributed by atoms with Crippen LogP contribution in [0.25, 0.3) is 0 Å². The SMILES string of the molecule is O=C(NCCS(=O)(=O)N1CCN(c2ccccn2)CC1)c1ccc(Br)c([N+](=O)[O-])c1. The molecule has 1 N–H and O–H groups in total. The molecule has 0 unspecified atom stereocenters. The lowest BCUT2D eigenvalue weighted by Gasteiger charge is -2.34. The Balaban J connectivity index is 1.51. The molecule has 2 aromatic rings. The Morgan fingerprint density at radius 2 is 1.93 bits per heavy atom. The van der Waals surface area contributed by atoms with E-state index in [1.165, 1.54) is 16.4 Å². The molecule has 2 heterocycles. The van der Waals surface area contributed by atoms with E-state index in [1.807, 2.05) is 23.1 Å². The number of nitrogens with zero attached hydrogens (tertiary/aromatic N) is 4. The molecule has 1 aliphatic heterocycles. The van der Waals surface area contributed by atoms with Crippen LogP contribution in [0, 0.1) is 10.1 Å². The van der Waals surface area contributed by atoms with Gasteiger partial charge in [0.15, 0.2) is 0 Å². The lowest BCUT2D eigenvalue weighted by Crippen LogP contribution is -2.50. The van der Waals surface area contributed by atoms with Gasteiger partial charge in [-0.3, -0.25) is 14.9 Å². The van der Waals surface area contributed by atoms with Crippen LogP contribution < -0.4 is 10.2 Å². The fraction of sp³-hybridized carbons (Fsp3) is 0.333. The van der Waals surface area contributed by atoms with Gasteiger partial charge in [0.1, 0.15) is 5.82 Å². The summed E-state index contributed by atoms with van der Waals surface area (Å²) in [5.74, 6) is -0.00723. The van der Waals surface area contributed by atoms with Gasteiger partial charge in [0, 0.05) is 50.6 Å². The molecular weight excluding hydrogens is 478 g/mol. The van der Waals surface area contributed by atoms with Gasteiger partial charge >= 0.3 is 0 Å². The zero-order chi connectivity index (χ0) is 21.7. The molecule has 1 saturated heterocycles. The van der Waals surface area contributed by atoms with Crippen LogP contribution in [-0.4, -0.2) is 67.0 Å². The number of hydrogen-bond donors (Lipinski definition) is 1. The van der Waals surface area contributed by atoms with E-state index in [0.29, 0.717) is 26.2 Å². The Morgan fingerprint density at radius 1 is 1.20 bits per heavy atom. The summed E-state index contributed by atoms with van der Waals surface area (Å²) >= 11 is 3.06. The van der Waals surface area contributed by atoms with Crippen molar-refractivity contribution in [3.8, 4) is 0 Å². The maximum absolute atomic E-state index is 12.6. The van der Waals surface area contributed by atoms with Gasteiger partial charge in [-0.15, -0.1) is 0 Å². The number of sulfonamides is 1. The van der Waals surface area contributed by atoms with Crippen LogP contribution in [0.1, 0.15) is 10.4 Å². The summed E-state index contributed by atoms with van der Waals surface area (Å²) in [6, 6.07) is 9.57. The summed E-state index contributed by atoms with van der Waals surface area (Å²) < 4.78 is 26.8. The minimum Gasteiger partial charge on any atom is -0.354 e. The van der Waals surface area contributed by atoms with Crippen molar-refractivity contribution in [2.24, 2.45) is 0 Å². The van der Waals surface area contributed by atoms with Crippen molar-refractivity contribution in [2.45, 2.75) is 0 Å². The molecule has 10 nitrogen and oxygen atoms in total. The molecule has 0 saturated carbocycles. The second kappa shape index (κ2) is 9.49.